The molecule has 0 aromatic heterocycles. The van der Waals surface area contributed by atoms with Gasteiger partial charge >= 0.3 is 0 Å². The Kier molecular flexibility index (Phi) is 5.40. The molecule has 0 aromatic rings. The SMILES string of the molecule is CN(C)CC(C)(C)CNC(=O)C1CCCNC1. The van der Waals surface area contributed by atoms with Crippen molar-refractivity contribution in [3.63, 3.8) is 0 Å². The molecule has 1 saturated heterocycles. The van der Waals surface area contributed by atoms with E-state index in [2.05, 4.69) is 43.5 Å². The topological polar surface area (TPSA) is 44.4 Å². The number of amides is 1. The maximum atomic E-state index is 12.0. The van der Waals surface area contributed by atoms with Crippen molar-refractivity contribution in [3.8, 4) is 0 Å². The van der Waals surface area contributed by atoms with Gasteiger partial charge in [0, 0.05) is 19.6 Å². The molecule has 1 fully saturated rings. The minimum atomic E-state index is 0.126. The fourth-order valence-corrected chi connectivity index (χ4v) is 2.46. The van der Waals surface area contributed by atoms with Crippen LogP contribution >= 0.6 is 0 Å². The van der Waals surface area contributed by atoms with Gasteiger partial charge in [-0.15, -0.1) is 0 Å². The average Bonchev–Trinajstić information content (AvgIpc) is 2.25. The molecule has 4 heteroatoms. The van der Waals surface area contributed by atoms with Crippen molar-refractivity contribution in [1.29, 1.82) is 0 Å². The average molecular weight is 241 g/mol. The maximum Gasteiger partial charge on any atom is 0.224 e. The molecule has 17 heavy (non-hydrogen) atoms. The van der Waals surface area contributed by atoms with Crippen molar-refractivity contribution in [2.24, 2.45) is 11.3 Å². The van der Waals surface area contributed by atoms with Crippen molar-refractivity contribution in [1.82, 2.24) is 15.5 Å². The van der Waals surface area contributed by atoms with Gasteiger partial charge in [-0.2, -0.15) is 0 Å². The van der Waals surface area contributed by atoms with Crippen LogP contribution < -0.4 is 10.6 Å². The predicted octanol–water partition coefficient (Wildman–Crippen LogP) is 0.690. The highest BCUT2D eigenvalue weighted by molar-refractivity contribution is 5.79. The molecule has 1 aliphatic heterocycles. The molecule has 1 atom stereocenters. The minimum Gasteiger partial charge on any atom is -0.355 e. The number of nitrogens with one attached hydrogen (secondary N) is 2. The molecular formula is C13H27N3O. The summed E-state index contributed by atoms with van der Waals surface area (Å²) in [5.41, 5.74) is 0.126. The number of nitrogens with zero attached hydrogens (tertiary/aromatic N) is 1. The first-order valence-electron chi connectivity index (χ1n) is 6.54. The lowest BCUT2D eigenvalue weighted by Crippen LogP contribution is -2.45. The van der Waals surface area contributed by atoms with Crippen LogP contribution in [0.2, 0.25) is 0 Å². The Balaban J connectivity index is 2.31. The van der Waals surface area contributed by atoms with Crippen LogP contribution in [0.25, 0.3) is 0 Å². The third-order valence-corrected chi connectivity index (χ3v) is 3.15. The molecular weight excluding hydrogens is 214 g/mol. The van der Waals surface area contributed by atoms with Crippen LogP contribution in [0.4, 0.5) is 0 Å². The van der Waals surface area contributed by atoms with E-state index in [0.29, 0.717) is 0 Å². The second-order valence-electron chi connectivity index (χ2n) is 6.16. The van der Waals surface area contributed by atoms with E-state index in [-0.39, 0.29) is 17.2 Å². The molecule has 1 rings (SSSR count). The standard InChI is InChI=1S/C13H27N3O/c1-13(2,10-16(3)4)9-15-12(17)11-6-5-7-14-8-11/h11,14H,5-10H2,1-4H3,(H,15,17). The van der Waals surface area contributed by atoms with Crippen molar-refractivity contribution in [2.75, 3.05) is 40.3 Å². The molecule has 100 valence electrons. The fraction of sp³-hybridized carbons (Fsp3) is 0.923. The highest BCUT2D eigenvalue weighted by Crippen LogP contribution is 2.15. The lowest BCUT2D eigenvalue weighted by molar-refractivity contribution is -0.126. The highest BCUT2D eigenvalue weighted by atomic mass is 16.1. The van der Waals surface area contributed by atoms with Crippen LogP contribution in [0.3, 0.4) is 0 Å². The third-order valence-electron chi connectivity index (χ3n) is 3.15. The van der Waals surface area contributed by atoms with E-state index in [1.54, 1.807) is 0 Å². The van der Waals surface area contributed by atoms with Crippen LogP contribution in [0.5, 0.6) is 0 Å². The number of hydrogen-bond acceptors (Lipinski definition) is 3. The molecule has 0 saturated carbocycles. The first-order valence-corrected chi connectivity index (χ1v) is 6.54. The van der Waals surface area contributed by atoms with E-state index < -0.39 is 0 Å². The van der Waals surface area contributed by atoms with Gasteiger partial charge in [-0.1, -0.05) is 13.8 Å². The number of piperidine rings is 1. The molecule has 0 aromatic carbocycles. The molecule has 4 nitrogen and oxygen atoms in total. The predicted molar refractivity (Wildman–Crippen MR) is 70.9 cm³/mol. The van der Waals surface area contributed by atoms with Crippen molar-refractivity contribution >= 4 is 5.91 Å². The van der Waals surface area contributed by atoms with E-state index in [1.807, 2.05) is 0 Å². The summed E-state index contributed by atoms with van der Waals surface area (Å²) in [7, 11) is 4.13. The fourth-order valence-electron chi connectivity index (χ4n) is 2.46. The minimum absolute atomic E-state index is 0.126. The Labute approximate surface area is 105 Å². The summed E-state index contributed by atoms with van der Waals surface area (Å²) in [6.07, 6.45) is 2.13. The summed E-state index contributed by atoms with van der Waals surface area (Å²) in [5.74, 6) is 0.378. The van der Waals surface area contributed by atoms with Gasteiger partial charge in [-0.3, -0.25) is 4.79 Å². The molecule has 1 unspecified atom stereocenters. The van der Waals surface area contributed by atoms with Crippen LogP contribution in [-0.2, 0) is 4.79 Å². The maximum absolute atomic E-state index is 12.0. The number of carbonyl (C=O) groups is 1. The van der Waals surface area contributed by atoms with Gasteiger partial charge in [-0.25, -0.2) is 0 Å². The van der Waals surface area contributed by atoms with E-state index in [1.165, 1.54) is 0 Å². The van der Waals surface area contributed by atoms with Crippen LogP contribution in [0.15, 0.2) is 0 Å². The van der Waals surface area contributed by atoms with Crippen LogP contribution in [-0.4, -0.2) is 51.1 Å². The van der Waals surface area contributed by atoms with Gasteiger partial charge < -0.3 is 15.5 Å². The van der Waals surface area contributed by atoms with E-state index in [9.17, 15) is 4.79 Å². The summed E-state index contributed by atoms with van der Waals surface area (Å²) in [4.78, 5) is 14.1. The van der Waals surface area contributed by atoms with Gasteiger partial charge in [0.05, 0.1) is 5.92 Å². The Hall–Kier alpha value is -0.610. The number of rotatable bonds is 5. The van der Waals surface area contributed by atoms with Gasteiger partial charge in [0.15, 0.2) is 0 Å². The monoisotopic (exact) mass is 241 g/mol. The van der Waals surface area contributed by atoms with E-state index in [0.717, 1.165) is 39.0 Å². The molecule has 0 spiro atoms. The van der Waals surface area contributed by atoms with Gasteiger partial charge in [0.1, 0.15) is 0 Å². The lowest BCUT2D eigenvalue weighted by Gasteiger charge is -2.30. The first kappa shape index (κ1) is 14.5. The summed E-state index contributed by atoms with van der Waals surface area (Å²) < 4.78 is 0. The highest BCUT2D eigenvalue weighted by Gasteiger charge is 2.24. The number of hydrogen-bond donors (Lipinski definition) is 2. The zero-order valence-corrected chi connectivity index (χ0v) is 11.7. The molecule has 0 radical (unpaired) electrons. The summed E-state index contributed by atoms with van der Waals surface area (Å²) in [6, 6.07) is 0. The largest absolute Gasteiger partial charge is 0.355 e. The molecule has 0 aliphatic carbocycles. The Morgan fingerprint density at radius 1 is 1.47 bits per heavy atom. The normalized spacial score (nSPS) is 21.6. The van der Waals surface area contributed by atoms with Crippen molar-refractivity contribution < 1.29 is 4.79 Å². The van der Waals surface area contributed by atoms with E-state index in [4.69, 9.17) is 0 Å². The smallest absolute Gasteiger partial charge is 0.224 e. The Bertz CT molecular complexity index is 245. The second-order valence-corrected chi connectivity index (χ2v) is 6.16. The Morgan fingerprint density at radius 2 is 2.18 bits per heavy atom. The third kappa shape index (κ3) is 5.50. The second kappa shape index (κ2) is 6.36. The summed E-state index contributed by atoms with van der Waals surface area (Å²) in [5, 5.41) is 6.37. The number of carbonyl (C=O) groups excluding carboxylic acids is 1. The zero-order valence-electron chi connectivity index (χ0n) is 11.7. The summed E-state index contributed by atoms with van der Waals surface area (Å²) >= 11 is 0. The summed E-state index contributed by atoms with van der Waals surface area (Å²) in [6.45, 7) is 7.99. The van der Waals surface area contributed by atoms with Gasteiger partial charge in [0.2, 0.25) is 5.91 Å². The van der Waals surface area contributed by atoms with Crippen molar-refractivity contribution in [3.05, 3.63) is 0 Å². The van der Waals surface area contributed by atoms with Crippen LogP contribution in [0, 0.1) is 11.3 Å². The molecule has 1 amide bonds. The van der Waals surface area contributed by atoms with Gasteiger partial charge in [0.25, 0.3) is 0 Å². The molecule has 1 heterocycles. The zero-order chi connectivity index (χ0) is 12.9. The van der Waals surface area contributed by atoms with E-state index >= 15 is 0 Å². The molecule has 1 aliphatic rings. The van der Waals surface area contributed by atoms with Gasteiger partial charge in [-0.05, 0) is 38.9 Å². The van der Waals surface area contributed by atoms with Crippen molar-refractivity contribution in [2.45, 2.75) is 26.7 Å². The quantitative estimate of drug-likeness (QED) is 0.744. The first-order chi connectivity index (χ1) is 7.91. The van der Waals surface area contributed by atoms with Crippen LogP contribution in [0.1, 0.15) is 26.7 Å². The Morgan fingerprint density at radius 3 is 2.71 bits per heavy atom. The molecule has 0 bridgehead atoms. The lowest BCUT2D eigenvalue weighted by atomic mass is 9.92. The molecule has 2 N–H and O–H groups in total.